The van der Waals surface area contributed by atoms with Gasteiger partial charge in [-0.05, 0) is 31.5 Å². The second-order valence-corrected chi connectivity index (χ2v) is 3.88. The summed E-state index contributed by atoms with van der Waals surface area (Å²) in [4.78, 5) is 0. The van der Waals surface area contributed by atoms with Crippen LogP contribution in [-0.2, 0) is 5.41 Å². The second kappa shape index (κ2) is 3.27. The summed E-state index contributed by atoms with van der Waals surface area (Å²) >= 11 is 5.77. The zero-order valence-electron chi connectivity index (χ0n) is 7.63. The van der Waals surface area contributed by atoms with E-state index < -0.39 is 5.41 Å². The quantitative estimate of drug-likeness (QED) is 0.699. The number of halogens is 1. The monoisotopic (exact) mass is 194 g/mol. The van der Waals surface area contributed by atoms with Gasteiger partial charge in [0.1, 0.15) is 0 Å². The van der Waals surface area contributed by atoms with Crippen LogP contribution in [0.2, 0.25) is 5.02 Å². The lowest BCUT2D eigenvalue weighted by atomic mass is 9.86. The molecule has 0 unspecified atom stereocenters. The lowest BCUT2D eigenvalue weighted by molar-refractivity contribution is 0.687. The Morgan fingerprint density at radius 2 is 2.08 bits per heavy atom. The Labute approximate surface area is 82.9 Å². The van der Waals surface area contributed by atoms with Gasteiger partial charge in [-0.2, -0.15) is 5.26 Å². The first-order chi connectivity index (χ1) is 5.97. The number of nitrogen functional groups attached to an aromatic ring is 1. The SMILES string of the molecule is CC(C)(C#N)c1ccc(Cl)c(N)c1. The summed E-state index contributed by atoms with van der Waals surface area (Å²) in [6, 6.07) is 7.48. The predicted molar refractivity (Wildman–Crippen MR) is 54.5 cm³/mol. The summed E-state index contributed by atoms with van der Waals surface area (Å²) in [6.07, 6.45) is 0. The highest BCUT2D eigenvalue weighted by Gasteiger charge is 2.19. The molecule has 68 valence electrons. The third-order valence-electron chi connectivity index (χ3n) is 2.00. The van der Waals surface area contributed by atoms with Crippen molar-refractivity contribution in [2.75, 3.05) is 5.73 Å². The van der Waals surface area contributed by atoms with E-state index in [4.69, 9.17) is 22.6 Å². The number of benzene rings is 1. The summed E-state index contributed by atoms with van der Waals surface area (Å²) in [5.41, 5.74) is 6.52. The normalized spacial score (nSPS) is 10.9. The minimum atomic E-state index is -0.515. The molecule has 0 heterocycles. The van der Waals surface area contributed by atoms with Crippen LogP contribution < -0.4 is 5.73 Å². The van der Waals surface area contributed by atoms with Crippen molar-refractivity contribution in [2.45, 2.75) is 19.3 Å². The van der Waals surface area contributed by atoms with E-state index in [0.717, 1.165) is 5.56 Å². The molecule has 2 nitrogen and oxygen atoms in total. The van der Waals surface area contributed by atoms with Gasteiger partial charge in [-0.25, -0.2) is 0 Å². The van der Waals surface area contributed by atoms with Gasteiger partial charge in [0.15, 0.2) is 0 Å². The van der Waals surface area contributed by atoms with Gasteiger partial charge in [-0.3, -0.25) is 0 Å². The summed E-state index contributed by atoms with van der Waals surface area (Å²) in [5, 5.41) is 9.41. The van der Waals surface area contributed by atoms with E-state index in [-0.39, 0.29) is 0 Å². The first-order valence-corrected chi connectivity index (χ1v) is 4.32. The zero-order chi connectivity index (χ0) is 10.1. The fraction of sp³-hybridized carbons (Fsp3) is 0.300. The van der Waals surface area contributed by atoms with E-state index in [1.165, 1.54) is 0 Å². The lowest BCUT2D eigenvalue weighted by Gasteiger charge is -2.16. The Kier molecular flexibility index (Phi) is 2.49. The van der Waals surface area contributed by atoms with Crippen molar-refractivity contribution in [1.82, 2.24) is 0 Å². The van der Waals surface area contributed by atoms with Gasteiger partial charge in [0, 0.05) is 0 Å². The van der Waals surface area contributed by atoms with Crippen LogP contribution in [0.3, 0.4) is 0 Å². The molecule has 0 radical (unpaired) electrons. The fourth-order valence-corrected chi connectivity index (χ4v) is 1.11. The van der Waals surface area contributed by atoms with Crippen molar-refractivity contribution >= 4 is 17.3 Å². The number of nitrogens with zero attached hydrogens (tertiary/aromatic N) is 1. The van der Waals surface area contributed by atoms with Gasteiger partial charge in [-0.15, -0.1) is 0 Å². The maximum Gasteiger partial charge on any atom is 0.0767 e. The Bertz CT molecular complexity index is 364. The van der Waals surface area contributed by atoms with E-state index in [2.05, 4.69) is 6.07 Å². The smallest absolute Gasteiger partial charge is 0.0767 e. The molecule has 1 aromatic rings. The highest BCUT2D eigenvalue weighted by atomic mass is 35.5. The number of rotatable bonds is 1. The van der Waals surface area contributed by atoms with Gasteiger partial charge in [0.05, 0.1) is 22.2 Å². The van der Waals surface area contributed by atoms with Gasteiger partial charge in [0.25, 0.3) is 0 Å². The Morgan fingerprint density at radius 1 is 1.46 bits per heavy atom. The van der Waals surface area contributed by atoms with Crippen LogP contribution in [0.5, 0.6) is 0 Å². The van der Waals surface area contributed by atoms with Crippen molar-refractivity contribution in [3.63, 3.8) is 0 Å². The molecule has 0 aliphatic rings. The summed E-state index contributed by atoms with van der Waals surface area (Å²) in [7, 11) is 0. The summed E-state index contributed by atoms with van der Waals surface area (Å²) in [5.74, 6) is 0. The Morgan fingerprint density at radius 3 is 2.54 bits per heavy atom. The third-order valence-corrected chi connectivity index (χ3v) is 2.34. The van der Waals surface area contributed by atoms with Gasteiger partial charge >= 0.3 is 0 Å². The molecule has 0 saturated carbocycles. The fourth-order valence-electron chi connectivity index (χ4n) is 0.997. The molecule has 0 amide bonds. The zero-order valence-corrected chi connectivity index (χ0v) is 8.39. The topological polar surface area (TPSA) is 49.8 Å². The van der Waals surface area contributed by atoms with Crippen LogP contribution in [0.25, 0.3) is 0 Å². The van der Waals surface area contributed by atoms with Crippen LogP contribution in [-0.4, -0.2) is 0 Å². The molecule has 0 aliphatic heterocycles. The molecular weight excluding hydrogens is 184 g/mol. The first-order valence-electron chi connectivity index (χ1n) is 3.94. The molecule has 0 saturated heterocycles. The highest BCUT2D eigenvalue weighted by Crippen LogP contribution is 2.27. The van der Waals surface area contributed by atoms with E-state index >= 15 is 0 Å². The van der Waals surface area contributed by atoms with Crippen LogP contribution >= 0.6 is 11.6 Å². The lowest BCUT2D eigenvalue weighted by Crippen LogP contribution is -2.13. The molecule has 1 rings (SSSR count). The Balaban J connectivity index is 3.20. The van der Waals surface area contributed by atoms with Crippen molar-refractivity contribution in [3.05, 3.63) is 28.8 Å². The molecule has 0 bridgehead atoms. The number of nitrogens with two attached hydrogens (primary N) is 1. The summed E-state index contributed by atoms with van der Waals surface area (Å²) < 4.78 is 0. The van der Waals surface area contributed by atoms with E-state index in [9.17, 15) is 0 Å². The number of nitriles is 1. The highest BCUT2D eigenvalue weighted by molar-refractivity contribution is 6.33. The largest absolute Gasteiger partial charge is 0.398 e. The molecule has 0 aromatic heterocycles. The van der Waals surface area contributed by atoms with Crippen molar-refractivity contribution in [1.29, 1.82) is 5.26 Å². The van der Waals surface area contributed by atoms with E-state index in [1.54, 1.807) is 12.1 Å². The second-order valence-electron chi connectivity index (χ2n) is 3.47. The molecule has 3 heteroatoms. The molecule has 13 heavy (non-hydrogen) atoms. The van der Waals surface area contributed by atoms with E-state index in [1.807, 2.05) is 19.9 Å². The molecule has 2 N–H and O–H groups in total. The van der Waals surface area contributed by atoms with Crippen LogP contribution in [0.1, 0.15) is 19.4 Å². The number of hydrogen-bond donors (Lipinski definition) is 1. The van der Waals surface area contributed by atoms with Crippen molar-refractivity contribution < 1.29 is 0 Å². The number of anilines is 1. The van der Waals surface area contributed by atoms with Gasteiger partial charge in [-0.1, -0.05) is 17.7 Å². The molecule has 0 fully saturated rings. The maximum atomic E-state index is 8.88. The van der Waals surface area contributed by atoms with Crippen molar-refractivity contribution in [3.8, 4) is 6.07 Å². The third kappa shape index (κ3) is 1.93. The van der Waals surface area contributed by atoms with Crippen LogP contribution in [0.4, 0.5) is 5.69 Å². The molecule has 0 atom stereocenters. The van der Waals surface area contributed by atoms with Crippen LogP contribution in [0.15, 0.2) is 18.2 Å². The number of hydrogen-bond acceptors (Lipinski definition) is 2. The Hall–Kier alpha value is -1.20. The van der Waals surface area contributed by atoms with Crippen molar-refractivity contribution in [2.24, 2.45) is 0 Å². The molecule has 1 aromatic carbocycles. The molecular formula is C10H11ClN2. The minimum Gasteiger partial charge on any atom is -0.398 e. The predicted octanol–water partition coefficient (Wildman–Crippen LogP) is 2.72. The summed E-state index contributed by atoms with van der Waals surface area (Å²) in [6.45, 7) is 3.69. The molecule has 0 aliphatic carbocycles. The maximum absolute atomic E-state index is 8.88. The standard InChI is InChI=1S/C10H11ClN2/c1-10(2,6-12)7-3-4-8(11)9(13)5-7/h3-5H,13H2,1-2H3. The molecule has 0 spiro atoms. The average Bonchev–Trinajstić information content (AvgIpc) is 2.09. The van der Waals surface area contributed by atoms with Crippen LogP contribution in [0, 0.1) is 11.3 Å². The average molecular weight is 195 g/mol. The van der Waals surface area contributed by atoms with Gasteiger partial charge < -0.3 is 5.73 Å². The minimum absolute atomic E-state index is 0.515. The van der Waals surface area contributed by atoms with E-state index in [0.29, 0.717) is 10.7 Å². The first kappa shape index (κ1) is 9.88. The van der Waals surface area contributed by atoms with Gasteiger partial charge in [0.2, 0.25) is 0 Å².